The van der Waals surface area contributed by atoms with Crippen molar-refractivity contribution in [3.8, 4) is 22.6 Å². The van der Waals surface area contributed by atoms with Gasteiger partial charge in [0, 0.05) is 15.2 Å². The molecular weight excluding hydrogens is 563 g/mol. The van der Waals surface area contributed by atoms with Gasteiger partial charge >= 0.3 is 7.12 Å². The molecular formula is C34H30BBrO4. The Hall–Kier alpha value is -4.10. The maximum absolute atomic E-state index is 8.58. The monoisotopic (exact) mass is 592 g/mol. The molecule has 0 saturated heterocycles. The van der Waals surface area contributed by atoms with Gasteiger partial charge in [0.15, 0.2) is 0 Å². The molecule has 40 heavy (non-hydrogen) atoms. The first-order chi connectivity index (χ1) is 19.5. The van der Waals surface area contributed by atoms with Gasteiger partial charge in [-0.05, 0) is 45.6 Å². The quantitative estimate of drug-likeness (QED) is 0.208. The molecule has 6 rings (SSSR count). The molecule has 200 valence electrons. The summed E-state index contributed by atoms with van der Waals surface area (Å²) in [5, 5.41) is 21.9. The van der Waals surface area contributed by atoms with Gasteiger partial charge < -0.3 is 19.5 Å². The molecule has 4 nitrogen and oxygen atoms in total. The fourth-order valence-corrected chi connectivity index (χ4v) is 4.83. The van der Waals surface area contributed by atoms with Crippen molar-refractivity contribution in [3.63, 3.8) is 0 Å². The second-order valence-corrected chi connectivity index (χ2v) is 9.66. The summed E-state index contributed by atoms with van der Waals surface area (Å²) >= 11 is 3.50. The van der Waals surface area contributed by atoms with E-state index in [1.54, 1.807) is 38.5 Å². The van der Waals surface area contributed by atoms with Crippen LogP contribution in [0, 0.1) is 0 Å². The first-order valence-electron chi connectivity index (χ1n) is 12.8. The molecule has 6 aromatic carbocycles. The van der Waals surface area contributed by atoms with E-state index in [4.69, 9.17) is 19.5 Å². The molecule has 0 atom stereocenters. The van der Waals surface area contributed by atoms with Gasteiger partial charge in [0.05, 0.1) is 14.2 Å². The van der Waals surface area contributed by atoms with Gasteiger partial charge in [-0.3, -0.25) is 0 Å². The van der Waals surface area contributed by atoms with Crippen molar-refractivity contribution < 1.29 is 19.5 Å². The molecule has 0 spiro atoms. The number of methoxy groups -OCH3 is 2. The van der Waals surface area contributed by atoms with Crippen LogP contribution in [0.1, 0.15) is 0 Å². The summed E-state index contributed by atoms with van der Waals surface area (Å²) in [7, 11) is 2.06. The van der Waals surface area contributed by atoms with Crippen LogP contribution in [-0.4, -0.2) is 31.4 Å². The maximum Gasteiger partial charge on any atom is 0.488 e. The summed E-state index contributed by atoms with van der Waals surface area (Å²) in [4.78, 5) is 0. The summed E-state index contributed by atoms with van der Waals surface area (Å²) in [6.07, 6.45) is 0. The van der Waals surface area contributed by atoms with Crippen LogP contribution < -0.4 is 14.9 Å². The minimum atomic E-state index is -1.34. The Morgan fingerprint density at radius 2 is 0.950 bits per heavy atom. The molecule has 0 aliphatic rings. The van der Waals surface area contributed by atoms with Crippen molar-refractivity contribution >= 4 is 50.1 Å². The zero-order chi connectivity index (χ0) is 28.3. The van der Waals surface area contributed by atoms with Crippen molar-refractivity contribution in [2.24, 2.45) is 0 Å². The Kier molecular flexibility index (Phi) is 10.4. The van der Waals surface area contributed by atoms with Crippen molar-refractivity contribution in [2.75, 3.05) is 14.2 Å². The zero-order valence-corrected chi connectivity index (χ0v) is 24.0. The van der Waals surface area contributed by atoms with Crippen molar-refractivity contribution in [1.82, 2.24) is 0 Å². The van der Waals surface area contributed by atoms with Gasteiger partial charge in [-0.2, -0.15) is 0 Å². The highest BCUT2D eigenvalue weighted by Gasteiger charge is 2.08. The third-order valence-electron chi connectivity index (χ3n) is 6.34. The summed E-state index contributed by atoms with van der Waals surface area (Å²) in [6.45, 7) is 0. The Morgan fingerprint density at radius 1 is 0.500 bits per heavy atom. The Morgan fingerprint density at radius 3 is 1.48 bits per heavy atom. The van der Waals surface area contributed by atoms with E-state index in [2.05, 4.69) is 76.6 Å². The average Bonchev–Trinajstić information content (AvgIpc) is 3.02. The Balaban J connectivity index is 0.000000148. The minimum Gasteiger partial charge on any atom is -0.496 e. The van der Waals surface area contributed by atoms with Gasteiger partial charge in [0.2, 0.25) is 0 Å². The smallest absolute Gasteiger partial charge is 0.488 e. The highest BCUT2D eigenvalue weighted by Crippen LogP contribution is 2.34. The fraction of sp³-hybridized carbons (Fsp3) is 0.0588. The van der Waals surface area contributed by atoms with Crippen molar-refractivity contribution in [2.45, 2.75) is 0 Å². The lowest BCUT2D eigenvalue weighted by atomic mass is 9.81. The molecule has 0 radical (unpaired) electrons. The third kappa shape index (κ3) is 7.10. The second kappa shape index (κ2) is 14.3. The molecule has 2 N–H and O–H groups in total. The molecule has 0 aliphatic carbocycles. The zero-order valence-electron chi connectivity index (χ0n) is 22.4. The summed E-state index contributed by atoms with van der Waals surface area (Å²) < 4.78 is 11.8. The largest absolute Gasteiger partial charge is 0.496 e. The highest BCUT2D eigenvalue weighted by molar-refractivity contribution is 9.10. The van der Waals surface area contributed by atoms with E-state index in [0.717, 1.165) is 26.7 Å². The third-order valence-corrected chi connectivity index (χ3v) is 7.03. The standard InChI is InChI=1S/C17H14O.C11H9BrO.C6H7BO2/c1-18-17-12-11-14(13-7-3-2-4-8-13)15-9-5-6-10-16(15)17;1-13-11-7-6-10(12)8-4-2-3-5-9(8)11;8-7(9)6-4-2-1-3-5-6/h2-12H,1H3;2-7H,1H3;1-5,8-9H. The first kappa shape index (κ1) is 28.9. The second-order valence-electron chi connectivity index (χ2n) is 8.81. The lowest BCUT2D eigenvalue weighted by Crippen LogP contribution is -2.29. The summed E-state index contributed by atoms with van der Waals surface area (Å²) in [6, 6.07) is 43.7. The first-order valence-corrected chi connectivity index (χ1v) is 13.6. The van der Waals surface area contributed by atoms with Gasteiger partial charge in [0.1, 0.15) is 11.5 Å². The molecule has 0 unspecified atom stereocenters. The lowest BCUT2D eigenvalue weighted by Gasteiger charge is -2.10. The molecule has 0 saturated carbocycles. The van der Waals surface area contributed by atoms with Crippen molar-refractivity contribution in [3.05, 3.63) is 138 Å². The summed E-state index contributed by atoms with van der Waals surface area (Å²) in [5.41, 5.74) is 3.00. The van der Waals surface area contributed by atoms with E-state index < -0.39 is 7.12 Å². The van der Waals surface area contributed by atoms with Crippen LogP contribution in [-0.2, 0) is 0 Å². The molecule has 0 heterocycles. The predicted molar refractivity (Wildman–Crippen MR) is 170 cm³/mol. The van der Waals surface area contributed by atoms with Crippen LogP contribution in [0.15, 0.2) is 138 Å². The van der Waals surface area contributed by atoms with E-state index in [9.17, 15) is 0 Å². The molecule has 0 amide bonds. The van der Waals surface area contributed by atoms with Gasteiger partial charge in [0.25, 0.3) is 0 Å². The van der Waals surface area contributed by atoms with Crippen LogP contribution in [0.3, 0.4) is 0 Å². The van der Waals surface area contributed by atoms with E-state index in [1.165, 1.54) is 21.9 Å². The number of hydrogen-bond acceptors (Lipinski definition) is 4. The number of halogens is 1. The molecule has 6 heteroatoms. The highest BCUT2D eigenvalue weighted by atomic mass is 79.9. The van der Waals surface area contributed by atoms with Crippen LogP contribution in [0.25, 0.3) is 32.7 Å². The minimum absolute atomic E-state index is 0.525. The van der Waals surface area contributed by atoms with Gasteiger partial charge in [-0.25, -0.2) is 0 Å². The van der Waals surface area contributed by atoms with E-state index in [1.807, 2.05) is 48.5 Å². The lowest BCUT2D eigenvalue weighted by molar-refractivity contribution is 0.419. The predicted octanol–water partition coefficient (Wildman–Crippen LogP) is 7.49. The number of fused-ring (bicyclic) bond motifs is 2. The van der Waals surface area contributed by atoms with E-state index in [0.29, 0.717) is 5.46 Å². The normalized spacial score (nSPS) is 10.1. The van der Waals surface area contributed by atoms with Crippen molar-refractivity contribution in [1.29, 1.82) is 0 Å². The number of rotatable bonds is 4. The van der Waals surface area contributed by atoms with Crippen LogP contribution >= 0.6 is 15.9 Å². The fourth-order valence-electron chi connectivity index (χ4n) is 4.36. The topological polar surface area (TPSA) is 58.9 Å². The van der Waals surface area contributed by atoms with Crippen LogP contribution in [0.2, 0.25) is 0 Å². The van der Waals surface area contributed by atoms with E-state index in [-0.39, 0.29) is 0 Å². The molecule has 0 fully saturated rings. The number of benzene rings is 6. The average molecular weight is 593 g/mol. The molecule has 0 aromatic heterocycles. The van der Waals surface area contributed by atoms with Gasteiger partial charge in [-0.15, -0.1) is 0 Å². The molecule has 0 aliphatic heterocycles. The van der Waals surface area contributed by atoms with E-state index >= 15 is 0 Å². The van der Waals surface area contributed by atoms with Crippen LogP contribution in [0.5, 0.6) is 11.5 Å². The van der Waals surface area contributed by atoms with Gasteiger partial charge in [-0.1, -0.05) is 131 Å². The number of ether oxygens (including phenoxy) is 2. The molecule has 0 bridgehead atoms. The Bertz CT molecular complexity index is 1660. The Labute approximate surface area is 243 Å². The SMILES string of the molecule is COc1ccc(-c2ccccc2)c2ccccc12.COc1ccc(Br)c2ccccc12.OB(O)c1ccccc1. The molecule has 6 aromatic rings. The summed E-state index contributed by atoms with van der Waals surface area (Å²) in [5.74, 6) is 1.84. The van der Waals surface area contributed by atoms with Crippen LogP contribution in [0.4, 0.5) is 0 Å². The number of hydrogen-bond donors (Lipinski definition) is 2. The maximum atomic E-state index is 8.58.